The molecule has 0 heterocycles. The van der Waals surface area contributed by atoms with Gasteiger partial charge in [0.2, 0.25) is 0 Å². The first-order valence-electron chi connectivity index (χ1n) is 16.2. The van der Waals surface area contributed by atoms with Crippen molar-refractivity contribution in [1.29, 1.82) is 0 Å². The van der Waals surface area contributed by atoms with Crippen LogP contribution >= 0.6 is 31.9 Å². The summed E-state index contributed by atoms with van der Waals surface area (Å²) >= 11 is 7.02. The van der Waals surface area contributed by atoms with Crippen LogP contribution in [-0.2, 0) is 4.74 Å². The van der Waals surface area contributed by atoms with Crippen LogP contribution < -0.4 is 9.47 Å². The molecule has 0 aromatic heterocycles. The number of unbranched alkanes of at least 4 members (excludes halogenated alkanes) is 9. The second-order valence-corrected chi connectivity index (χ2v) is 13.2. The fourth-order valence-electron chi connectivity index (χ4n) is 5.13. The van der Waals surface area contributed by atoms with Crippen LogP contribution in [0.15, 0.2) is 106 Å². The van der Waals surface area contributed by atoms with Gasteiger partial charge in [-0.1, -0.05) is 145 Å². The second-order valence-electron chi connectivity index (χ2n) is 11.4. The standard InChI is InChI=1S/C39H46Br2O3/c1-2-3-4-5-6-7-8-9-10-11-28-42-39(29-43-37-24-16-33(17-25-37)31-12-20-35(40)21-13-31)30-44-38-26-18-34(19-27-38)32-14-22-36(41)23-15-32/h12-27,39H,2-11,28-30H2,1H3. The highest BCUT2D eigenvalue weighted by Gasteiger charge is 2.13. The van der Waals surface area contributed by atoms with Crippen molar-refractivity contribution in [3.8, 4) is 33.8 Å². The Bertz CT molecular complexity index is 1230. The minimum atomic E-state index is -0.161. The summed E-state index contributed by atoms with van der Waals surface area (Å²) in [5.41, 5.74) is 4.68. The van der Waals surface area contributed by atoms with E-state index in [9.17, 15) is 0 Å². The molecule has 3 nitrogen and oxygen atoms in total. The minimum Gasteiger partial charge on any atom is -0.491 e. The monoisotopic (exact) mass is 720 g/mol. The molecule has 0 saturated heterocycles. The Morgan fingerprint density at radius 1 is 0.455 bits per heavy atom. The lowest BCUT2D eigenvalue weighted by atomic mass is 10.1. The molecule has 0 N–H and O–H groups in total. The largest absolute Gasteiger partial charge is 0.491 e. The fraction of sp³-hybridized carbons (Fsp3) is 0.385. The van der Waals surface area contributed by atoms with Gasteiger partial charge < -0.3 is 14.2 Å². The molecule has 0 aliphatic heterocycles. The third-order valence-corrected chi connectivity index (χ3v) is 8.84. The molecule has 0 bridgehead atoms. The molecule has 0 spiro atoms. The lowest BCUT2D eigenvalue weighted by molar-refractivity contribution is -0.00879. The number of hydrogen-bond donors (Lipinski definition) is 0. The van der Waals surface area contributed by atoms with Gasteiger partial charge >= 0.3 is 0 Å². The number of rotatable bonds is 20. The highest BCUT2D eigenvalue weighted by Crippen LogP contribution is 2.26. The molecule has 5 heteroatoms. The van der Waals surface area contributed by atoms with Gasteiger partial charge in [-0.2, -0.15) is 0 Å². The van der Waals surface area contributed by atoms with Crippen molar-refractivity contribution in [3.05, 3.63) is 106 Å². The molecule has 4 aromatic carbocycles. The first-order chi connectivity index (χ1) is 21.6. The topological polar surface area (TPSA) is 27.7 Å². The van der Waals surface area contributed by atoms with Crippen molar-refractivity contribution in [2.24, 2.45) is 0 Å². The normalized spacial score (nSPS) is 11.2. The van der Waals surface area contributed by atoms with E-state index in [2.05, 4.69) is 112 Å². The SMILES string of the molecule is CCCCCCCCCCCCOC(COc1ccc(-c2ccc(Br)cc2)cc1)COc1ccc(-c2ccc(Br)cc2)cc1. The minimum absolute atomic E-state index is 0.161. The third-order valence-electron chi connectivity index (χ3n) is 7.79. The van der Waals surface area contributed by atoms with Gasteiger partial charge in [-0.15, -0.1) is 0 Å². The quantitative estimate of drug-likeness (QED) is 0.0850. The molecule has 44 heavy (non-hydrogen) atoms. The van der Waals surface area contributed by atoms with Gasteiger partial charge in [0.25, 0.3) is 0 Å². The molecule has 0 aliphatic rings. The summed E-state index contributed by atoms with van der Waals surface area (Å²) in [6.45, 7) is 3.87. The van der Waals surface area contributed by atoms with Crippen LogP contribution in [0.5, 0.6) is 11.5 Å². The molecule has 0 saturated carbocycles. The van der Waals surface area contributed by atoms with Crippen LogP contribution in [0.1, 0.15) is 71.1 Å². The number of benzene rings is 4. The number of halogens is 2. The first kappa shape index (κ1) is 34.3. The second kappa shape index (κ2) is 19.7. The van der Waals surface area contributed by atoms with Crippen molar-refractivity contribution in [2.75, 3.05) is 19.8 Å². The molecule has 0 fully saturated rings. The maximum Gasteiger partial charge on any atom is 0.125 e. The Morgan fingerprint density at radius 3 is 1.18 bits per heavy atom. The van der Waals surface area contributed by atoms with Crippen LogP contribution in [0.25, 0.3) is 22.3 Å². The summed E-state index contributed by atoms with van der Waals surface area (Å²) in [4.78, 5) is 0. The molecule has 0 atom stereocenters. The van der Waals surface area contributed by atoms with E-state index in [1.54, 1.807) is 0 Å². The van der Waals surface area contributed by atoms with Crippen LogP contribution in [0.3, 0.4) is 0 Å². The molecule has 0 amide bonds. The maximum atomic E-state index is 6.31. The Morgan fingerprint density at radius 2 is 0.795 bits per heavy atom. The third kappa shape index (κ3) is 12.4. The zero-order valence-electron chi connectivity index (χ0n) is 26.0. The number of ether oxygens (including phenoxy) is 3. The van der Waals surface area contributed by atoms with Gasteiger partial charge in [0.15, 0.2) is 0 Å². The van der Waals surface area contributed by atoms with Crippen molar-refractivity contribution >= 4 is 31.9 Å². The van der Waals surface area contributed by atoms with E-state index in [1.165, 1.54) is 68.9 Å². The highest BCUT2D eigenvalue weighted by molar-refractivity contribution is 9.10. The summed E-state index contributed by atoms with van der Waals surface area (Å²) < 4.78 is 20.8. The van der Waals surface area contributed by atoms with Crippen molar-refractivity contribution in [2.45, 2.75) is 77.2 Å². The zero-order valence-corrected chi connectivity index (χ0v) is 29.2. The molecule has 234 valence electrons. The van der Waals surface area contributed by atoms with Crippen LogP contribution in [0.4, 0.5) is 0 Å². The predicted octanol–water partition coefficient (Wildman–Crippen LogP) is 12.3. The van der Waals surface area contributed by atoms with Crippen LogP contribution in [-0.4, -0.2) is 25.9 Å². The van der Waals surface area contributed by atoms with Crippen molar-refractivity contribution in [3.63, 3.8) is 0 Å². The summed E-state index contributed by atoms with van der Waals surface area (Å²) in [6, 6.07) is 33.2. The van der Waals surface area contributed by atoms with E-state index in [0.717, 1.165) is 44.6 Å². The van der Waals surface area contributed by atoms with E-state index >= 15 is 0 Å². The number of hydrogen-bond acceptors (Lipinski definition) is 3. The van der Waals surface area contributed by atoms with E-state index in [0.29, 0.717) is 13.2 Å². The first-order valence-corrected chi connectivity index (χ1v) is 17.8. The fourth-order valence-corrected chi connectivity index (χ4v) is 5.66. The van der Waals surface area contributed by atoms with Crippen LogP contribution in [0, 0.1) is 0 Å². The van der Waals surface area contributed by atoms with Crippen LogP contribution in [0.2, 0.25) is 0 Å². The molecular formula is C39H46Br2O3. The van der Waals surface area contributed by atoms with Crippen molar-refractivity contribution in [1.82, 2.24) is 0 Å². The molecule has 0 aliphatic carbocycles. The summed E-state index contributed by atoms with van der Waals surface area (Å²) in [6.07, 6.45) is 12.9. The van der Waals surface area contributed by atoms with E-state index in [4.69, 9.17) is 14.2 Å². The predicted molar refractivity (Wildman–Crippen MR) is 192 cm³/mol. The highest BCUT2D eigenvalue weighted by atomic mass is 79.9. The summed E-state index contributed by atoms with van der Waals surface area (Å²) in [7, 11) is 0. The molecule has 4 aromatic rings. The molecule has 0 radical (unpaired) electrons. The van der Waals surface area contributed by atoms with Gasteiger partial charge in [0.05, 0.1) is 0 Å². The van der Waals surface area contributed by atoms with E-state index in [1.807, 2.05) is 24.3 Å². The van der Waals surface area contributed by atoms with Crippen molar-refractivity contribution < 1.29 is 14.2 Å². The average Bonchev–Trinajstić information content (AvgIpc) is 3.06. The van der Waals surface area contributed by atoms with Gasteiger partial charge in [-0.05, 0) is 77.2 Å². The van der Waals surface area contributed by atoms with E-state index < -0.39 is 0 Å². The molecule has 0 unspecified atom stereocenters. The Labute approximate surface area is 281 Å². The van der Waals surface area contributed by atoms with Gasteiger partial charge in [-0.3, -0.25) is 0 Å². The zero-order chi connectivity index (χ0) is 30.8. The van der Waals surface area contributed by atoms with Gasteiger partial charge in [-0.25, -0.2) is 0 Å². The Balaban J connectivity index is 1.25. The average molecular weight is 723 g/mol. The maximum absolute atomic E-state index is 6.31. The Kier molecular flexibility index (Phi) is 15.4. The summed E-state index contributed by atoms with van der Waals surface area (Å²) in [5, 5.41) is 0. The lowest BCUT2D eigenvalue weighted by Crippen LogP contribution is -2.29. The lowest BCUT2D eigenvalue weighted by Gasteiger charge is -2.20. The molecular weight excluding hydrogens is 676 g/mol. The smallest absolute Gasteiger partial charge is 0.125 e. The molecule has 4 rings (SSSR count). The Hall–Kier alpha value is -2.60. The van der Waals surface area contributed by atoms with E-state index in [-0.39, 0.29) is 6.10 Å². The van der Waals surface area contributed by atoms with Gasteiger partial charge in [0.1, 0.15) is 30.8 Å². The summed E-state index contributed by atoms with van der Waals surface area (Å²) in [5.74, 6) is 1.66. The van der Waals surface area contributed by atoms with Gasteiger partial charge in [0, 0.05) is 15.6 Å².